The van der Waals surface area contributed by atoms with Gasteiger partial charge in [0, 0.05) is 33.2 Å². The lowest BCUT2D eigenvalue weighted by molar-refractivity contribution is -0.227. The largest absolute Gasteiger partial charge is 0.453 e. The number of fused-ring (bicyclic) bond motifs is 5. The highest BCUT2D eigenvalue weighted by Gasteiger charge is 2.66. The molecule has 0 saturated heterocycles. The lowest BCUT2D eigenvalue weighted by atomic mass is 9.32. The summed E-state index contributed by atoms with van der Waals surface area (Å²) in [4.78, 5) is 22.1. The monoisotopic (exact) mass is 844 g/mol. The van der Waals surface area contributed by atoms with E-state index in [1.165, 1.54) is 32.6 Å². The Bertz CT molecular complexity index is 1930. The van der Waals surface area contributed by atoms with Crippen molar-refractivity contribution in [3.05, 3.63) is 49.0 Å². The number of amides is 1. The summed E-state index contributed by atoms with van der Waals surface area (Å²) in [5.41, 5.74) is 7.64. The Morgan fingerprint density at radius 1 is 1.12 bits per heavy atom. The molecule has 0 spiro atoms. The fourth-order valence-electron chi connectivity index (χ4n) is 9.68. The highest BCUT2D eigenvalue weighted by Crippen LogP contribution is 2.74. The molecule has 0 heterocycles. The molecule has 8 aliphatic rings. The molecule has 11 heteroatoms. The molecule has 0 aliphatic heterocycles. The molecular formula is C48H80BF3N2O5+. The number of hydrogen-bond acceptors (Lipinski definition) is 6. The maximum atomic E-state index is 11.7. The molecule has 1 amide bonds. The van der Waals surface area contributed by atoms with Crippen LogP contribution in [0.25, 0.3) is 0 Å². The van der Waals surface area contributed by atoms with Crippen LogP contribution in [0.5, 0.6) is 0 Å². The summed E-state index contributed by atoms with van der Waals surface area (Å²) in [6.45, 7) is 28.4. The molecule has 335 valence electrons. The van der Waals surface area contributed by atoms with E-state index in [4.69, 9.17) is 32.1 Å². The molecule has 4 N–H and O–H groups in total. The van der Waals surface area contributed by atoms with Crippen molar-refractivity contribution in [2.45, 2.75) is 176 Å². The normalized spacial score (nSPS) is 44.2. The summed E-state index contributed by atoms with van der Waals surface area (Å²) in [5.74, 6) is 4.13. The second kappa shape index (κ2) is 22.0. The number of esters is 1. The van der Waals surface area contributed by atoms with Gasteiger partial charge in [-0.25, -0.2) is 9.59 Å². The predicted octanol–water partition coefficient (Wildman–Crippen LogP) is 11.0. The standard InChI is InChI=1S/C19H32B.C12H21NO2.C7H15NO.C5H5F3O2.C5H7/c1-10-14-6-12(18(14,3)4)7-15(10)19(5)13-8-16(19)11(2)17(20)9-13;1-9-5-7-10(8-6-9)13-11(14)15-12(2,3)4;1-5-2-3-6(8)4-7(5)9;1-2-4(9)10-3-5(6,7)8;1-4-5(2)3/h10-17,20H,6-9H2,1-5H3;5,10H,6-8H2,1-4H3,(H,13,14);5-7,9H,2-4,8H2,1H3;2H,1,3H2;2,4H,1H2,3H3/q;;;;+1/t10-,11-,12+,13+,14-,15-,16-,17-,19?;10-;5-,6+,7+;;/m000../s1/i20D;8D2,10D;3D2,5D,6D;1D2,2D;. The molecule has 13 atom stereocenters. The first-order valence-electron chi connectivity index (χ1n) is 26.4. The minimum Gasteiger partial charge on any atom is -0.453 e. The van der Waals surface area contributed by atoms with Gasteiger partial charge >= 0.3 is 18.2 Å². The van der Waals surface area contributed by atoms with Gasteiger partial charge in [0.25, 0.3) is 0 Å². The Morgan fingerprint density at radius 3 is 2.19 bits per heavy atom. The summed E-state index contributed by atoms with van der Waals surface area (Å²) in [5, 5.41) is 11.8. The summed E-state index contributed by atoms with van der Waals surface area (Å²) >= 11 is 0. The molecule has 7 fully saturated rings. The van der Waals surface area contributed by atoms with E-state index in [9.17, 15) is 27.9 Å². The number of hydrogen-bond donors (Lipinski definition) is 3. The number of allylic oxidation sites excluding steroid dienone is 3. The number of ether oxygens (including phenoxy) is 2. The van der Waals surface area contributed by atoms with Crippen LogP contribution < -0.4 is 11.1 Å². The van der Waals surface area contributed by atoms with Crippen LogP contribution in [-0.2, 0) is 14.3 Å². The number of nitrogens with two attached hydrogens (primary N) is 1. The maximum absolute atomic E-state index is 11.7. The fourth-order valence-corrected chi connectivity index (χ4v) is 9.68. The topological polar surface area (TPSA) is 111 Å². The van der Waals surface area contributed by atoms with E-state index in [0.717, 1.165) is 52.6 Å². The number of aliphatic hydroxyl groups is 1. The zero-order valence-electron chi connectivity index (χ0n) is 48.4. The molecule has 1 radical (unpaired) electrons. The van der Waals surface area contributed by atoms with Gasteiger partial charge in [0.1, 0.15) is 5.60 Å². The van der Waals surface area contributed by atoms with Crippen molar-refractivity contribution in [3.63, 3.8) is 0 Å². The summed E-state index contributed by atoms with van der Waals surface area (Å²) in [6.07, 6.45) is -1.11. The molecule has 8 aliphatic carbocycles. The molecule has 1 unspecified atom stereocenters. The van der Waals surface area contributed by atoms with Gasteiger partial charge in [-0.1, -0.05) is 72.0 Å². The Balaban J connectivity index is 0.000000316. The van der Waals surface area contributed by atoms with Crippen LogP contribution in [0.2, 0.25) is 5.82 Å². The van der Waals surface area contributed by atoms with Crippen LogP contribution >= 0.6 is 0 Å². The van der Waals surface area contributed by atoms with Crippen molar-refractivity contribution in [1.29, 1.82) is 1.34 Å². The number of nitrogens with one attached hydrogen (secondary N) is 1. The van der Waals surface area contributed by atoms with Crippen molar-refractivity contribution in [2.24, 2.45) is 63.9 Å². The predicted molar refractivity (Wildman–Crippen MR) is 236 cm³/mol. The second-order valence-electron chi connectivity index (χ2n) is 19.1. The molecule has 59 heavy (non-hydrogen) atoms. The Morgan fingerprint density at radius 2 is 1.71 bits per heavy atom. The second-order valence-corrected chi connectivity index (χ2v) is 19.1. The molecule has 8 rings (SSSR count). The first kappa shape index (κ1) is 37.0. The van der Waals surface area contributed by atoms with E-state index >= 15 is 0 Å². The van der Waals surface area contributed by atoms with Crippen molar-refractivity contribution < 1.29 is 51.0 Å². The number of alkyl carbamates (subject to hydrolysis) is 1. The van der Waals surface area contributed by atoms with E-state index in [1.54, 1.807) is 47.7 Å². The van der Waals surface area contributed by atoms with Gasteiger partial charge in [-0.05, 0) is 151 Å². The minimum absolute atomic E-state index is 0.144. The smallest absolute Gasteiger partial charge is 0.422 e. The number of carbonyl (C=O) groups is 2. The Hall–Kier alpha value is -2.62. The van der Waals surface area contributed by atoms with Crippen molar-refractivity contribution in [1.82, 2.24) is 5.32 Å². The number of carbonyl (C=O) groups excluding carboxylic acids is 2. The molecule has 0 aromatic carbocycles. The third-order valence-corrected chi connectivity index (χ3v) is 13.5. The Labute approximate surface area is 372 Å². The zero-order valence-corrected chi connectivity index (χ0v) is 37.4. The number of aliphatic hydroxyl groups excluding tert-OH is 1. The third-order valence-electron chi connectivity index (χ3n) is 13.5. The highest BCUT2D eigenvalue weighted by molar-refractivity contribution is 6.12. The van der Waals surface area contributed by atoms with Gasteiger partial charge in [0.2, 0.25) is 0 Å². The van der Waals surface area contributed by atoms with Crippen molar-refractivity contribution >= 4 is 19.9 Å². The number of alkyl halides is 3. The molecule has 7 saturated carbocycles. The van der Waals surface area contributed by atoms with Gasteiger partial charge in [-0.2, -0.15) is 13.2 Å². The summed E-state index contributed by atoms with van der Waals surface area (Å²) < 4.78 is 124. The molecule has 4 bridgehead atoms. The van der Waals surface area contributed by atoms with Crippen LogP contribution in [0.1, 0.15) is 154 Å². The molecule has 0 aromatic heterocycles. The molecular weight excluding hydrogens is 752 g/mol. The minimum atomic E-state index is -4.67. The highest BCUT2D eigenvalue weighted by atomic mass is 19.4. The lowest BCUT2D eigenvalue weighted by Gasteiger charge is -2.72. The van der Waals surface area contributed by atoms with Crippen LogP contribution in [0.15, 0.2) is 42.5 Å². The fraction of sp³-hybridized carbons (Fsp3) is 0.792. The summed E-state index contributed by atoms with van der Waals surface area (Å²) in [6, 6.07) is -4.66. The van der Waals surface area contributed by atoms with E-state index in [-0.39, 0.29) is 25.7 Å². The maximum Gasteiger partial charge on any atom is 0.422 e. The first-order valence-corrected chi connectivity index (χ1v) is 20.8. The average molecular weight is 844 g/mol. The van der Waals surface area contributed by atoms with E-state index in [0.29, 0.717) is 16.6 Å². The first-order chi connectivity index (χ1) is 31.4. The van der Waals surface area contributed by atoms with Gasteiger partial charge in [-0.3, -0.25) is 0 Å². The van der Waals surface area contributed by atoms with Gasteiger partial charge in [0.15, 0.2) is 12.2 Å². The van der Waals surface area contributed by atoms with Crippen LogP contribution in [0.3, 0.4) is 0 Å². The molecule has 7 nitrogen and oxygen atoms in total. The Kier molecular flexibility index (Phi) is 13.8. The van der Waals surface area contributed by atoms with Gasteiger partial charge < -0.3 is 25.6 Å². The van der Waals surface area contributed by atoms with Crippen LogP contribution in [-0.4, -0.2) is 62.8 Å². The van der Waals surface area contributed by atoms with Gasteiger partial charge in [-0.15, -0.1) is 0 Å². The third kappa shape index (κ3) is 15.4. The lowest BCUT2D eigenvalue weighted by Crippen LogP contribution is -2.65. The van der Waals surface area contributed by atoms with E-state index in [2.05, 4.69) is 51.3 Å². The van der Waals surface area contributed by atoms with Crippen molar-refractivity contribution in [2.75, 3.05) is 6.61 Å². The van der Waals surface area contributed by atoms with Crippen LogP contribution in [0, 0.1) is 64.7 Å². The zero-order chi connectivity index (χ0) is 54.8. The SMILES string of the molecule is [2H]C([2H])=C([2H])C(=O)OCC(F)(F)F.[2H]C1([2H])CC(C)=CC[C@]1([2H])NC(=O)OC(C)(C)C.[2H]C1([2H])C[C@]([2H])(C)[C@H](O)C[C@]1([2H])N.[2H][B][C@H]1C[C@H]2C[C@@H]([C@@H]1C)C2(C)[C@H]1C[C@H]2C[C@@H]([C@@H]1C)C2(C)C.[CH+]=C(C)C=C. The summed E-state index contributed by atoms with van der Waals surface area (Å²) in [7, 11) is 1.76. The molecule has 0 aromatic rings. The van der Waals surface area contributed by atoms with Crippen molar-refractivity contribution in [3.8, 4) is 0 Å². The average Bonchev–Trinajstić information content (AvgIpc) is 3.19. The van der Waals surface area contributed by atoms with E-state index in [1.807, 2.05) is 6.92 Å². The quantitative estimate of drug-likeness (QED) is 0.0613. The van der Waals surface area contributed by atoms with Gasteiger partial charge in [0.05, 0.1) is 32.1 Å². The number of halogens is 3. The number of rotatable bonds is 6. The van der Waals surface area contributed by atoms with Crippen LogP contribution in [0.4, 0.5) is 18.0 Å². The van der Waals surface area contributed by atoms with E-state index < -0.39 is 79.8 Å².